The minimum absolute atomic E-state index is 0.0140. The first-order valence-corrected chi connectivity index (χ1v) is 13.1. The molecular weight excluding hydrogens is 558 g/mol. The molecule has 1 aliphatic rings. The van der Waals surface area contributed by atoms with Gasteiger partial charge in [-0.2, -0.15) is 5.10 Å². The van der Waals surface area contributed by atoms with Crippen LogP contribution in [0.5, 0.6) is 0 Å². The highest BCUT2D eigenvalue weighted by Crippen LogP contribution is 2.34. The highest BCUT2D eigenvalue weighted by Gasteiger charge is 2.30. The van der Waals surface area contributed by atoms with Crippen molar-refractivity contribution in [2.24, 2.45) is 11.7 Å². The van der Waals surface area contributed by atoms with Crippen LogP contribution >= 0.6 is 23.2 Å². The second kappa shape index (κ2) is 11.4. The van der Waals surface area contributed by atoms with Crippen molar-refractivity contribution in [2.75, 3.05) is 18.4 Å². The Bertz CT molecular complexity index is 1610. The number of hydrogen-bond acceptors (Lipinski definition) is 5. The number of aromatic nitrogens is 3. The zero-order valence-electron chi connectivity index (χ0n) is 21.0. The highest BCUT2D eigenvalue weighted by molar-refractivity contribution is 6.38. The van der Waals surface area contributed by atoms with Crippen molar-refractivity contribution in [3.63, 3.8) is 0 Å². The number of anilines is 1. The smallest absolute Gasteiger partial charge is 0.274 e. The highest BCUT2D eigenvalue weighted by atomic mass is 35.5. The summed E-state index contributed by atoms with van der Waals surface area (Å²) in [4.78, 5) is 44.1. The van der Waals surface area contributed by atoms with Crippen LogP contribution in [-0.2, 0) is 4.79 Å². The molecule has 0 aliphatic carbocycles. The predicted molar refractivity (Wildman–Crippen MR) is 149 cm³/mol. The number of nitrogens with one attached hydrogen (secondary N) is 1. The molecule has 0 spiro atoms. The van der Waals surface area contributed by atoms with Gasteiger partial charge in [0.1, 0.15) is 17.3 Å². The Labute approximate surface area is 238 Å². The van der Waals surface area contributed by atoms with Gasteiger partial charge in [0.15, 0.2) is 5.69 Å². The van der Waals surface area contributed by atoms with E-state index in [-0.39, 0.29) is 44.9 Å². The first-order chi connectivity index (χ1) is 19.2. The fourth-order valence-electron chi connectivity index (χ4n) is 4.57. The average Bonchev–Trinajstić information content (AvgIpc) is 3.37. The van der Waals surface area contributed by atoms with Gasteiger partial charge in [0.25, 0.3) is 11.8 Å². The summed E-state index contributed by atoms with van der Waals surface area (Å²) in [6, 6.07) is 15.7. The van der Waals surface area contributed by atoms with Crippen LogP contribution in [0.3, 0.4) is 0 Å². The maximum absolute atomic E-state index is 14.4. The number of rotatable bonds is 6. The lowest BCUT2D eigenvalue weighted by molar-refractivity contribution is -0.123. The number of para-hydroxylation sites is 1. The van der Waals surface area contributed by atoms with Crippen molar-refractivity contribution in [2.45, 2.75) is 12.8 Å². The van der Waals surface area contributed by atoms with E-state index in [1.54, 1.807) is 24.3 Å². The van der Waals surface area contributed by atoms with E-state index < -0.39 is 29.5 Å². The number of nitrogens with two attached hydrogens (primary N) is 1. The summed E-state index contributed by atoms with van der Waals surface area (Å²) in [5, 5.41) is 7.39. The average molecular weight is 581 g/mol. The second-order valence-electron chi connectivity index (χ2n) is 9.25. The van der Waals surface area contributed by atoms with Crippen molar-refractivity contribution in [3.8, 4) is 16.9 Å². The minimum Gasteiger partial charge on any atom is -0.369 e. The number of piperidine rings is 1. The zero-order chi connectivity index (χ0) is 28.4. The summed E-state index contributed by atoms with van der Waals surface area (Å²) < 4.78 is 15.9. The molecule has 12 heteroatoms. The van der Waals surface area contributed by atoms with E-state index in [9.17, 15) is 18.8 Å². The number of hydrogen-bond donors (Lipinski definition) is 2. The predicted octanol–water partition coefficient (Wildman–Crippen LogP) is 4.97. The number of carbonyl (C=O) groups excluding carboxylic acids is 3. The van der Waals surface area contributed by atoms with Crippen LogP contribution < -0.4 is 11.1 Å². The van der Waals surface area contributed by atoms with Gasteiger partial charge in [-0.25, -0.2) is 9.07 Å². The third-order valence-corrected chi connectivity index (χ3v) is 7.22. The first kappa shape index (κ1) is 27.3. The number of benzene rings is 2. The molecule has 0 bridgehead atoms. The Hall–Kier alpha value is -4.28. The molecule has 3 N–H and O–H groups in total. The third kappa shape index (κ3) is 5.54. The van der Waals surface area contributed by atoms with Crippen LogP contribution in [0.4, 0.5) is 10.2 Å². The molecule has 4 aromatic rings. The molecule has 3 heterocycles. The van der Waals surface area contributed by atoms with Gasteiger partial charge in [0.2, 0.25) is 5.91 Å². The molecule has 1 atom stereocenters. The lowest BCUT2D eigenvalue weighted by atomic mass is 9.97. The van der Waals surface area contributed by atoms with Crippen molar-refractivity contribution in [3.05, 3.63) is 94.0 Å². The quantitative estimate of drug-likeness (QED) is 0.333. The topological polar surface area (TPSA) is 123 Å². The molecule has 9 nitrogen and oxygen atoms in total. The van der Waals surface area contributed by atoms with Crippen molar-refractivity contribution >= 4 is 46.7 Å². The number of nitrogens with zero attached hydrogens (tertiary/aromatic N) is 4. The summed E-state index contributed by atoms with van der Waals surface area (Å²) in [5.41, 5.74) is 6.30. The van der Waals surface area contributed by atoms with Gasteiger partial charge >= 0.3 is 0 Å². The fourth-order valence-corrected chi connectivity index (χ4v) is 5.13. The van der Waals surface area contributed by atoms with E-state index in [0.29, 0.717) is 25.1 Å². The fraction of sp³-hybridized carbons (Fsp3) is 0.179. The lowest BCUT2D eigenvalue weighted by Crippen LogP contribution is -2.44. The Morgan fingerprint density at radius 2 is 1.80 bits per heavy atom. The van der Waals surface area contributed by atoms with Crippen LogP contribution in [0.25, 0.3) is 16.9 Å². The number of carbonyl (C=O) groups is 3. The molecule has 3 amide bonds. The number of primary amides is 1. The zero-order valence-corrected chi connectivity index (χ0v) is 22.5. The van der Waals surface area contributed by atoms with E-state index >= 15 is 0 Å². The van der Waals surface area contributed by atoms with Crippen LogP contribution in [0.15, 0.2) is 66.9 Å². The van der Waals surface area contributed by atoms with Crippen molar-refractivity contribution in [1.29, 1.82) is 0 Å². The van der Waals surface area contributed by atoms with E-state index in [1.807, 2.05) is 6.07 Å². The monoisotopic (exact) mass is 580 g/mol. The summed E-state index contributed by atoms with van der Waals surface area (Å²) in [7, 11) is 0. The van der Waals surface area contributed by atoms with E-state index in [2.05, 4.69) is 15.4 Å². The van der Waals surface area contributed by atoms with Gasteiger partial charge in [0.05, 0.1) is 27.2 Å². The molecule has 0 radical (unpaired) electrons. The largest absolute Gasteiger partial charge is 0.369 e. The maximum Gasteiger partial charge on any atom is 0.274 e. The summed E-state index contributed by atoms with van der Waals surface area (Å²) in [5.74, 6) is -2.33. The molecule has 0 unspecified atom stereocenters. The van der Waals surface area contributed by atoms with Crippen LogP contribution in [0.1, 0.15) is 33.7 Å². The molecule has 2 aromatic heterocycles. The maximum atomic E-state index is 14.4. The Kier molecular flexibility index (Phi) is 7.81. The number of pyridine rings is 1. The van der Waals surface area contributed by atoms with Gasteiger partial charge in [-0.05, 0) is 49.2 Å². The Morgan fingerprint density at radius 1 is 1.02 bits per heavy atom. The Balaban J connectivity index is 1.49. The third-order valence-electron chi connectivity index (χ3n) is 6.60. The molecule has 0 saturated carbocycles. The summed E-state index contributed by atoms with van der Waals surface area (Å²) >= 11 is 12.7. The van der Waals surface area contributed by atoms with E-state index in [0.717, 1.165) is 0 Å². The number of likely N-dealkylation sites (tertiary alicyclic amines) is 1. The summed E-state index contributed by atoms with van der Waals surface area (Å²) in [6.07, 6.45) is 2.66. The van der Waals surface area contributed by atoms with Gasteiger partial charge in [-0.15, -0.1) is 0 Å². The lowest BCUT2D eigenvalue weighted by Gasteiger charge is -2.30. The number of halogens is 3. The molecule has 1 saturated heterocycles. The molecular formula is C28H23Cl2FN6O3. The van der Waals surface area contributed by atoms with Gasteiger partial charge < -0.3 is 16.0 Å². The van der Waals surface area contributed by atoms with Crippen LogP contribution in [-0.4, -0.2) is 50.5 Å². The Morgan fingerprint density at radius 3 is 2.52 bits per heavy atom. The number of amides is 3. The first-order valence-electron chi connectivity index (χ1n) is 12.4. The van der Waals surface area contributed by atoms with Crippen LogP contribution in [0, 0.1) is 11.7 Å². The van der Waals surface area contributed by atoms with Gasteiger partial charge in [-0.1, -0.05) is 41.4 Å². The molecule has 1 fully saturated rings. The standard InChI is InChI=1S/C28H23Cl2FN6O3/c29-20-13-21(30)19(12-18(20)25-22(31)9-4-10-33-25)27(39)34-24-14-23(35-37(24)17-7-2-1-3-8-17)28(40)36-11-5-6-16(15-36)26(32)38/h1-4,7-10,12-14,16H,5-6,11,15H2,(H2,32,38)(H,34,39)/t16-/m0/s1. The van der Waals surface area contributed by atoms with Gasteiger partial charge in [-0.3, -0.25) is 19.4 Å². The molecule has 2 aromatic carbocycles. The van der Waals surface area contributed by atoms with Crippen molar-refractivity contribution in [1.82, 2.24) is 19.7 Å². The normalized spacial score (nSPS) is 15.1. The molecule has 40 heavy (non-hydrogen) atoms. The second-order valence-corrected chi connectivity index (χ2v) is 10.1. The van der Waals surface area contributed by atoms with E-state index in [4.69, 9.17) is 28.9 Å². The minimum atomic E-state index is -0.637. The van der Waals surface area contributed by atoms with Gasteiger partial charge in [0, 0.05) is 30.9 Å². The molecule has 204 valence electrons. The summed E-state index contributed by atoms with van der Waals surface area (Å²) in [6.45, 7) is 0.650. The molecule has 1 aliphatic heterocycles. The van der Waals surface area contributed by atoms with E-state index in [1.165, 1.54) is 46.1 Å². The SMILES string of the molecule is NC(=O)[C@H]1CCCN(C(=O)c2cc(NC(=O)c3cc(-c4ncccc4F)c(Cl)cc3Cl)n(-c3ccccc3)n2)C1. The van der Waals surface area contributed by atoms with Crippen molar-refractivity contribution < 1.29 is 18.8 Å². The molecule has 5 rings (SSSR count). The van der Waals surface area contributed by atoms with Crippen LogP contribution in [0.2, 0.25) is 10.0 Å².